The molecule has 1 aliphatic rings. The number of rotatable bonds is 6. The van der Waals surface area contributed by atoms with E-state index in [4.69, 9.17) is 14.2 Å². The fraction of sp³-hybridized carbons (Fsp3) is 0.154. The Morgan fingerprint density at radius 3 is 2.39 bits per heavy atom. The number of hydrogen-bond donors (Lipinski definition) is 0. The monoisotopic (exact) mass is 506 g/mol. The molecular weight excluding hydrogens is 484 g/mol. The number of hydrogen-bond acceptors (Lipinski definition) is 7. The number of nitrogens with zero attached hydrogens (tertiary/aromatic N) is 2. The van der Waals surface area contributed by atoms with E-state index >= 15 is 0 Å². The van der Waals surface area contributed by atoms with Gasteiger partial charge in [-0.3, -0.25) is 13.7 Å². The van der Waals surface area contributed by atoms with Gasteiger partial charge in [-0.1, -0.05) is 36.4 Å². The minimum absolute atomic E-state index is 0.0281. The van der Waals surface area contributed by atoms with Crippen LogP contribution in [0.15, 0.2) is 83.9 Å². The second-order valence-electron chi connectivity index (χ2n) is 7.97. The molecule has 0 fully saturated rings. The van der Waals surface area contributed by atoms with Crippen LogP contribution < -0.4 is 13.8 Å². The third-order valence-corrected chi connectivity index (χ3v) is 7.60. The van der Waals surface area contributed by atoms with Gasteiger partial charge in [0.05, 0.1) is 28.8 Å². The number of fused-ring (bicyclic) bond motifs is 2. The topological polar surface area (TPSA) is 104 Å². The molecular formula is C26H22N2O7S. The van der Waals surface area contributed by atoms with Crippen LogP contribution in [-0.4, -0.2) is 51.7 Å². The van der Waals surface area contributed by atoms with E-state index in [9.17, 15) is 18.0 Å². The van der Waals surface area contributed by atoms with Gasteiger partial charge in [0.1, 0.15) is 19.8 Å². The first-order valence-corrected chi connectivity index (χ1v) is 12.5. The quantitative estimate of drug-likeness (QED) is 0.367. The van der Waals surface area contributed by atoms with Crippen molar-refractivity contribution in [3.63, 3.8) is 0 Å². The summed E-state index contributed by atoms with van der Waals surface area (Å²) in [5.41, 5.74) is 0.904. The zero-order valence-corrected chi connectivity index (χ0v) is 20.1. The summed E-state index contributed by atoms with van der Waals surface area (Å²) >= 11 is 0. The first-order valence-electron chi connectivity index (χ1n) is 11.1. The fourth-order valence-corrected chi connectivity index (χ4v) is 5.51. The summed E-state index contributed by atoms with van der Waals surface area (Å²) in [5, 5.41) is 0.523. The maximum absolute atomic E-state index is 13.7. The van der Waals surface area contributed by atoms with Gasteiger partial charge in [0.25, 0.3) is 15.9 Å². The lowest BCUT2D eigenvalue weighted by atomic mass is 10.2. The standard InChI is InChI=1S/C26H22N2O7S/c1-33-26(30)21-16-27(22-10-6-5-9-20(21)22)25(29)17-28(36(31,32)19-7-3-2-4-8-19)18-11-12-23-24(15-18)35-14-13-34-23/h2-12,15-16H,13-14,17H2,1H3. The van der Waals surface area contributed by atoms with Crippen LogP contribution in [0.25, 0.3) is 10.9 Å². The number of carbonyl (C=O) groups excluding carboxylic acids is 2. The minimum atomic E-state index is -4.14. The molecule has 2 heterocycles. The molecule has 10 heteroatoms. The normalized spacial score (nSPS) is 12.8. The van der Waals surface area contributed by atoms with E-state index in [1.54, 1.807) is 54.6 Å². The molecule has 0 atom stereocenters. The molecule has 0 saturated carbocycles. The lowest BCUT2D eigenvalue weighted by molar-refractivity contribution is 0.0603. The van der Waals surface area contributed by atoms with Gasteiger partial charge in [-0.05, 0) is 30.3 Å². The lowest BCUT2D eigenvalue weighted by Crippen LogP contribution is -2.37. The van der Waals surface area contributed by atoms with Crippen LogP contribution in [0.3, 0.4) is 0 Å². The Morgan fingerprint density at radius 2 is 1.64 bits per heavy atom. The Kier molecular flexibility index (Phi) is 6.11. The Balaban J connectivity index is 1.60. The summed E-state index contributed by atoms with van der Waals surface area (Å²) in [6, 6.07) is 19.4. The summed E-state index contributed by atoms with van der Waals surface area (Å²) in [4.78, 5) is 25.9. The van der Waals surface area contributed by atoms with Crippen molar-refractivity contribution in [3.05, 3.63) is 84.6 Å². The predicted molar refractivity (Wildman–Crippen MR) is 132 cm³/mol. The van der Waals surface area contributed by atoms with Crippen molar-refractivity contribution in [2.45, 2.75) is 4.90 Å². The Labute approximate surface area is 207 Å². The Bertz CT molecular complexity index is 1560. The third-order valence-electron chi connectivity index (χ3n) is 5.81. The molecule has 0 radical (unpaired) electrons. The highest BCUT2D eigenvalue weighted by molar-refractivity contribution is 7.92. The number of ether oxygens (including phenoxy) is 3. The first kappa shape index (κ1) is 23.4. The molecule has 4 aromatic rings. The zero-order chi connectivity index (χ0) is 25.3. The van der Waals surface area contributed by atoms with Gasteiger partial charge >= 0.3 is 5.97 Å². The summed E-state index contributed by atoms with van der Waals surface area (Å²) in [7, 11) is -2.88. The average molecular weight is 507 g/mol. The van der Waals surface area contributed by atoms with E-state index in [-0.39, 0.29) is 16.1 Å². The van der Waals surface area contributed by atoms with Gasteiger partial charge < -0.3 is 14.2 Å². The molecule has 0 unspecified atom stereocenters. The Hall–Kier alpha value is -4.31. The first-order chi connectivity index (χ1) is 17.4. The van der Waals surface area contributed by atoms with Gasteiger partial charge in [-0.2, -0.15) is 0 Å². The number of aromatic nitrogens is 1. The molecule has 0 aliphatic carbocycles. The molecule has 1 aliphatic heterocycles. The van der Waals surface area contributed by atoms with E-state index in [2.05, 4.69) is 0 Å². The van der Waals surface area contributed by atoms with Gasteiger partial charge in [0.2, 0.25) is 0 Å². The van der Waals surface area contributed by atoms with Gasteiger partial charge in [0, 0.05) is 17.6 Å². The third kappa shape index (κ3) is 4.16. The number of benzene rings is 3. The summed E-state index contributed by atoms with van der Waals surface area (Å²) in [6.07, 6.45) is 1.37. The second-order valence-corrected chi connectivity index (χ2v) is 9.83. The van der Waals surface area contributed by atoms with Gasteiger partial charge in [0.15, 0.2) is 11.5 Å². The minimum Gasteiger partial charge on any atom is -0.486 e. The smallest absolute Gasteiger partial charge is 0.340 e. The molecule has 5 rings (SSSR count). The number of para-hydroxylation sites is 1. The van der Waals surface area contributed by atoms with E-state index in [0.29, 0.717) is 35.6 Å². The average Bonchev–Trinajstić information content (AvgIpc) is 3.31. The molecule has 0 amide bonds. The van der Waals surface area contributed by atoms with Crippen LogP contribution in [-0.2, 0) is 14.8 Å². The van der Waals surface area contributed by atoms with Crippen LogP contribution in [0.2, 0.25) is 0 Å². The van der Waals surface area contributed by atoms with Crippen LogP contribution >= 0.6 is 0 Å². The number of carbonyl (C=O) groups is 2. The number of sulfonamides is 1. The van der Waals surface area contributed by atoms with Crippen molar-refractivity contribution in [3.8, 4) is 11.5 Å². The summed E-state index contributed by atoms with van der Waals surface area (Å²) in [5.74, 6) is -0.277. The molecule has 9 nitrogen and oxygen atoms in total. The molecule has 1 aromatic heterocycles. The number of anilines is 1. The molecule has 0 spiro atoms. The second kappa shape index (κ2) is 9.38. The molecule has 3 aromatic carbocycles. The van der Waals surface area contributed by atoms with Crippen LogP contribution in [0.5, 0.6) is 11.5 Å². The van der Waals surface area contributed by atoms with E-state index in [1.165, 1.54) is 36.1 Å². The summed E-state index contributed by atoms with van der Waals surface area (Å²) < 4.78 is 45.8. The molecule has 0 N–H and O–H groups in total. The highest BCUT2D eigenvalue weighted by atomic mass is 32.2. The van der Waals surface area contributed by atoms with E-state index < -0.39 is 28.4 Å². The molecule has 36 heavy (non-hydrogen) atoms. The van der Waals surface area contributed by atoms with E-state index in [0.717, 1.165) is 4.31 Å². The predicted octanol–water partition coefficient (Wildman–Crippen LogP) is 3.73. The number of esters is 1. The largest absolute Gasteiger partial charge is 0.486 e. The highest BCUT2D eigenvalue weighted by Crippen LogP contribution is 2.36. The lowest BCUT2D eigenvalue weighted by Gasteiger charge is -2.26. The zero-order valence-electron chi connectivity index (χ0n) is 19.3. The van der Waals surface area contributed by atoms with Crippen molar-refractivity contribution in [1.29, 1.82) is 0 Å². The fourth-order valence-electron chi connectivity index (χ4n) is 4.08. The molecule has 0 saturated heterocycles. The van der Waals surface area contributed by atoms with Crippen molar-refractivity contribution >= 4 is 38.5 Å². The SMILES string of the molecule is COC(=O)c1cn(C(=O)CN(c2ccc3c(c2)OCCO3)S(=O)(=O)c2ccccc2)c2ccccc12. The maximum Gasteiger partial charge on any atom is 0.340 e. The van der Waals surface area contributed by atoms with E-state index in [1.807, 2.05) is 0 Å². The highest BCUT2D eigenvalue weighted by Gasteiger charge is 2.30. The van der Waals surface area contributed by atoms with Crippen molar-refractivity contribution in [2.75, 3.05) is 31.2 Å². The van der Waals surface area contributed by atoms with Crippen LogP contribution in [0, 0.1) is 0 Å². The van der Waals surface area contributed by atoms with Crippen molar-refractivity contribution in [2.24, 2.45) is 0 Å². The van der Waals surface area contributed by atoms with Crippen molar-refractivity contribution in [1.82, 2.24) is 4.57 Å². The van der Waals surface area contributed by atoms with Crippen LogP contribution in [0.1, 0.15) is 15.2 Å². The maximum atomic E-state index is 13.7. The Morgan fingerprint density at radius 1 is 0.944 bits per heavy atom. The van der Waals surface area contributed by atoms with Gasteiger partial charge in [-0.15, -0.1) is 0 Å². The summed E-state index contributed by atoms with van der Waals surface area (Å²) in [6.45, 7) is 0.183. The van der Waals surface area contributed by atoms with Crippen LogP contribution in [0.4, 0.5) is 5.69 Å². The van der Waals surface area contributed by atoms with Gasteiger partial charge in [-0.25, -0.2) is 13.2 Å². The number of methoxy groups -OCH3 is 1. The molecule has 0 bridgehead atoms. The van der Waals surface area contributed by atoms with Crippen molar-refractivity contribution < 1.29 is 32.2 Å². The molecule has 184 valence electrons.